The van der Waals surface area contributed by atoms with Crippen LogP contribution in [0.4, 0.5) is 4.79 Å². The van der Waals surface area contributed by atoms with Gasteiger partial charge in [0, 0.05) is 19.0 Å². The SMILES string of the molecule is CCC(C(=O)c1sc(C(=O)NCCNC(=O)[C@@H](NC(=O)[C@@H](NC(=O)[C@@H](NC(=O)OC(C)(C)C)C(C)C)C(C)C)C(C)C)c(C)c1C(=O)OC)c1ccc2c(c1)OCO2. The molecule has 5 amide bonds. The van der Waals surface area contributed by atoms with Crippen LogP contribution in [0.15, 0.2) is 18.2 Å². The summed E-state index contributed by atoms with van der Waals surface area (Å²) in [5.74, 6) is -3.95. The van der Waals surface area contributed by atoms with Crippen molar-refractivity contribution in [2.75, 3.05) is 27.0 Å². The van der Waals surface area contributed by atoms with Crippen LogP contribution in [0.1, 0.15) is 122 Å². The summed E-state index contributed by atoms with van der Waals surface area (Å²) in [6.45, 7) is 19.1. The number of fused-ring (bicyclic) bond motifs is 1. The largest absolute Gasteiger partial charge is 0.465 e. The predicted octanol–water partition coefficient (Wildman–Crippen LogP) is 4.63. The Labute approximate surface area is 344 Å². The quantitative estimate of drug-likeness (QED) is 0.0794. The maximum absolute atomic E-state index is 14.0. The number of ether oxygens (including phenoxy) is 4. The minimum atomic E-state index is -1.03. The van der Waals surface area contributed by atoms with Crippen molar-refractivity contribution >= 4 is 52.8 Å². The highest BCUT2D eigenvalue weighted by molar-refractivity contribution is 7.16. The number of hydrogen-bond acceptors (Lipinski definition) is 12. The number of amides is 5. The van der Waals surface area contributed by atoms with E-state index >= 15 is 0 Å². The number of thiophene rings is 1. The first-order valence-corrected chi connectivity index (χ1v) is 20.2. The van der Waals surface area contributed by atoms with Crippen molar-refractivity contribution < 1.29 is 52.5 Å². The molecule has 1 aliphatic heterocycles. The minimum Gasteiger partial charge on any atom is -0.465 e. The van der Waals surface area contributed by atoms with Gasteiger partial charge in [-0.25, -0.2) is 9.59 Å². The van der Waals surface area contributed by atoms with Crippen molar-refractivity contribution in [1.29, 1.82) is 0 Å². The smallest absolute Gasteiger partial charge is 0.408 e. The fourth-order valence-corrected chi connectivity index (χ4v) is 7.40. The zero-order chi connectivity index (χ0) is 43.6. The molecule has 2 aromatic rings. The first-order chi connectivity index (χ1) is 27.1. The second-order valence-electron chi connectivity index (χ2n) is 16.1. The van der Waals surface area contributed by atoms with E-state index in [1.54, 1.807) is 87.4 Å². The van der Waals surface area contributed by atoms with Crippen molar-refractivity contribution in [1.82, 2.24) is 26.6 Å². The summed E-state index contributed by atoms with van der Waals surface area (Å²) in [5, 5.41) is 13.5. The van der Waals surface area contributed by atoms with Gasteiger partial charge in [0.2, 0.25) is 24.5 Å². The van der Waals surface area contributed by atoms with E-state index in [1.807, 2.05) is 6.92 Å². The van der Waals surface area contributed by atoms with Gasteiger partial charge in [-0.15, -0.1) is 11.3 Å². The Balaban J connectivity index is 1.67. The summed E-state index contributed by atoms with van der Waals surface area (Å²) in [7, 11) is 1.20. The number of benzene rings is 1. The Morgan fingerprint density at radius 3 is 1.83 bits per heavy atom. The number of alkyl carbamates (subject to hydrolysis) is 1. The first-order valence-electron chi connectivity index (χ1n) is 19.4. The molecule has 0 radical (unpaired) electrons. The maximum atomic E-state index is 14.0. The molecule has 320 valence electrons. The summed E-state index contributed by atoms with van der Waals surface area (Å²) in [6, 6.07) is 2.22. The molecule has 5 N–H and O–H groups in total. The molecule has 2 heterocycles. The summed E-state index contributed by atoms with van der Waals surface area (Å²) in [6.07, 6.45) is -0.358. The highest BCUT2D eigenvalue weighted by Gasteiger charge is 2.35. The highest BCUT2D eigenvalue weighted by atomic mass is 32.1. The Kier molecular flexibility index (Phi) is 16.7. The van der Waals surface area contributed by atoms with Crippen LogP contribution in [0.5, 0.6) is 11.5 Å². The van der Waals surface area contributed by atoms with Crippen LogP contribution in [-0.4, -0.2) is 92.2 Å². The van der Waals surface area contributed by atoms with Gasteiger partial charge in [0.05, 0.1) is 22.4 Å². The van der Waals surface area contributed by atoms with E-state index in [1.165, 1.54) is 7.11 Å². The lowest BCUT2D eigenvalue weighted by Gasteiger charge is -2.29. The van der Waals surface area contributed by atoms with E-state index < -0.39 is 65.3 Å². The van der Waals surface area contributed by atoms with Gasteiger partial charge in [0.25, 0.3) is 5.91 Å². The topological polar surface area (TPSA) is 217 Å². The summed E-state index contributed by atoms with van der Waals surface area (Å²) >= 11 is 0.897. The van der Waals surface area contributed by atoms with Crippen molar-refractivity contribution in [3.05, 3.63) is 44.6 Å². The molecule has 16 nitrogen and oxygen atoms in total. The van der Waals surface area contributed by atoms with Crippen LogP contribution in [0.3, 0.4) is 0 Å². The van der Waals surface area contributed by atoms with Crippen molar-refractivity contribution in [3.8, 4) is 11.5 Å². The van der Waals surface area contributed by atoms with Crippen molar-refractivity contribution in [2.45, 2.75) is 112 Å². The van der Waals surface area contributed by atoms with Gasteiger partial charge in [0.1, 0.15) is 23.7 Å². The Hall–Kier alpha value is -5.19. The van der Waals surface area contributed by atoms with Gasteiger partial charge in [-0.1, -0.05) is 54.5 Å². The Morgan fingerprint density at radius 1 is 0.759 bits per heavy atom. The lowest BCUT2D eigenvalue weighted by atomic mass is 9.89. The van der Waals surface area contributed by atoms with Gasteiger partial charge in [-0.05, 0) is 75.1 Å². The van der Waals surface area contributed by atoms with E-state index in [-0.39, 0.29) is 64.3 Å². The average Bonchev–Trinajstić information content (AvgIpc) is 3.76. The Morgan fingerprint density at radius 2 is 1.29 bits per heavy atom. The standard InChI is InChI=1S/C41H59N5O11S/c1-13-25(24-14-15-26-27(18-24)56-19-55-26)32(47)34-28(39(52)54-12)23(8)33(58-34)38(51)43-17-16-42-35(48)29(20(2)3)44-36(49)30(21(4)5)45-37(50)31(22(6)7)46-40(53)57-41(9,10)11/h14-15,18,20-22,25,29-31H,13,16-17,19H2,1-12H3,(H,42,48)(H,43,51)(H,44,49)(H,45,50)(H,46,53)/t25?,29-,30-,31-/m0/s1. The summed E-state index contributed by atoms with van der Waals surface area (Å²) in [4.78, 5) is 93.3. The molecular weight excluding hydrogens is 771 g/mol. The molecule has 0 fully saturated rings. The number of rotatable bonds is 18. The van der Waals surface area contributed by atoms with E-state index in [2.05, 4.69) is 26.6 Å². The number of Topliss-reactive ketones (excluding diaryl/α,β-unsaturated/α-hetero) is 1. The number of esters is 1. The third-order valence-corrected chi connectivity index (χ3v) is 10.6. The predicted molar refractivity (Wildman–Crippen MR) is 217 cm³/mol. The van der Waals surface area contributed by atoms with Crippen molar-refractivity contribution in [2.24, 2.45) is 17.8 Å². The highest BCUT2D eigenvalue weighted by Crippen LogP contribution is 2.39. The molecule has 1 aliphatic rings. The zero-order valence-electron chi connectivity index (χ0n) is 35.5. The van der Waals surface area contributed by atoms with Crippen LogP contribution in [0.25, 0.3) is 0 Å². The number of hydrogen-bond donors (Lipinski definition) is 5. The number of carbonyl (C=O) groups is 7. The van der Waals surface area contributed by atoms with Crippen LogP contribution in [0.2, 0.25) is 0 Å². The van der Waals surface area contributed by atoms with Crippen LogP contribution in [0, 0.1) is 24.7 Å². The number of carbonyl (C=O) groups excluding carboxylic acids is 7. The number of ketones is 1. The van der Waals surface area contributed by atoms with Gasteiger partial charge in [-0.2, -0.15) is 0 Å². The van der Waals surface area contributed by atoms with E-state index in [9.17, 15) is 33.6 Å². The van der Waals surface area contributed by atoms with Gasteiger partial charge >= 0.3 is 12.1 Å². The first kappa shape index (κ1) is 47.2. The molecule has 58 heavy (non-hydrogen) atoms. The van der Waals surface area contributed by atoms with E-state index in [0.717, 1.165) is 11.3 Å². The van der Waals surface area contributed by atoms with E-state index in [4.69, 9.17) is 18.9 Å². The molecule has 0 saturated heterocycles. The molecule has 17 heteroatoms. The Bertz CT molecular complexity index is 1850. The normalized spacial score (nSPS) is 14.3. The third-order valence-electron chi connectivity index (χ3n) is 9.32. The molecule has 1 unspecified atom stereocenters. The maximum Gasteiger partial charge on any atom is 0.408 e. The molecule has 1 aromatic carbocycles. The van der Waals surface area contributed by atoms with Crippen LogP contribution < -0.4 is 36.1 Å². The van der Waals surface area contributed by atoms with Gasteiger partial charge in [0.15, 0.2) is 17.3 Å². The number of methoxy groups -OCH3 is 1. The molecule has 4 atom stereocenters. The second kappa shape index (κ2) is 20.5. The van der Waals surface area contributed by atoms with Crippen LogP contribution in [-0.2, 0) is 23.9 Å². The van der Waals surface area contributed by atoms with E-state index in [0.29, 0.717) is 23.5 Å². The monoisotopic (exact) mass is 829 g/mol. The fourth-order valence-electron chi connectivity index (χ4n) is 6.19. The molecule has 0 saturated carbocycles. The van der Waals surface area contributed by atoms with Crippen molar-refractivity contribution in [3.63, 3.8) is 0 Å². The number of nitrogens with one attached hydrogen (secondary N) is 5. The zero-order valence-corrected chi connectivity index (χ0v) is 36.3. The van der Waals surface area contributed by atoms with Crippen LogP contribution >= 0.6 is 11.3 Å². The molecule has 1 aromatic heterocycles. The minimum absolute atomic E-state index is 0.0114. The summed E-state index contributed by atoms with van der Waals surface area (Å²) < 4.78 is 21.2. The van der Waals surface area contributed by atoms with Gasteiger partial charge in [-0.3, -0.25) is 24.0 Å². The fraction of sp³-hybridized carbons (Fsp3) is 0.585. The third kappa shape index (κ3) is 12.2. The second-order valence-corrected chi connectivity index (χ2v) is 17.1. The average molecular weight is 830 g/mol. The lowest BCUT2D eigenvalue weighted by Crippen LogP contribution is -2.60. The molecule has 0 aliphatic carbocycles. The molecule has 3 rings (SSSR count). The summed E-state index contributed by atoms with van der Waals surface area (Å²) in [5.41, 5.74) is 0.200. The molecule has 0 bridgehead atoms. The molecular formula is C41H59N5O11S. The van der Waals surface area contributed by atoms with Gasteiger partial charge < -0.3 is 45.5 Å². The molecule has 0 spiro atoms. The lowest BCUT2D eigenvalue weighted by molar-refractivity contribution is -0.134.